The van der Waals surface area contributed by atoms with Gasteiger partial charge in [-0.25, -0.2) is 4.79 Å². The highest BCUT2D eigenvalue weighted by Gasteiger charge is 2.21. The maximum absolute atomic E-state index is 12.1. The Morgan fingerprint density at radius 3 is 2.63 bits per heavy atom. The molecule has 1 aromatic carbocycles. The number of aromatic carboxylic acids is 1. The summed E-state index contributed by atoms with van der Waals surface area (Å²) < 4.78 is 11.9. The van der Waals surface area contributed by atoms with Crippen LogP contribution in [0.3, 0.4) is 0 Å². The highest BCUT2D eigenvalue weighted by Crippen LogP contribution is 2.34. The number of hydrogen-bond acceptors (Lipinski definition) is 6. The number of ether oxygens (including phenoxy) is 2. The summed E-state index contributed by atoms with van der Waals surface area (Å²) in [4.78, 5) is 25.8. The van der Waals surface area contributed by atoms with E-state index in [-0.39, 0.29) is 12.2 Å². The lowest BCUT2D eigenvalue weighted by atomic mass is 10.1. The zero-order chi connectivity index (χ0) is 20.0. The van der Waals surface area contributed by atoms with Crippen LogP contribution in [0.2, 0.25) is 0 Å². The number of fused-ring (bicyclic) bond motifs is 2. The zero-order valence-corrected chi connectivity index (χ0v) is 15.4. The van der Waals surface area contributed by atoms with Crippen LogP contribution in [-0.4, -0.2) is 34.2 Å². The zero-order valence-electron chi connectivity index (χ0n) is 15.4. The largest absolute Gasteiger partial charge is 0.476 e. The van der Waals surface area contributed by atoms with E-state index >= 15 is 0 Å². The van der Waals surface area contributed by atoms with Crippen LogP contribution < -0.4 is 14.9 Å². The van der Waals surface area contributed by atoms with E-state index in [9.17, 15) is 9.59 Å². The van der Waals surface area contributed by atoms with Crippen LogP contribution in [0.1, 0.15) is 37.7 Å². The predicted molar refractivity (Wildman–Crippen MR) is 98.2 cm³/mol. The second-order valence-corrected chi connectivity index (χ2v) is 6.16. The van der Waals surface area contributed by atoms with Crippen molar-refractivity contribution in [3.63, 3.8) is 0 Å². The van der Waals surface area contributed by atoms with Crippen molar-refractivity contribution < 1.29 is 19.4 Å². The number of azide groups is 1. The van der Waals surface area contributed by atoms with Gasteiger partial charge in [-0.1, -0.05) is 19.0 Å². The molecule has 27 heavy (non-hydrogen) atoms. The number of aryl methyl sites for hydroxylation is 1. The fourth-order valence-electron chi connectivity index (χ4n) is 2.42. The topological polar surface area (TPSA) is 139 Å². The first-order valence-electron chi connectivity index (χ1n) is 8.47. The number of carboxylic acid groups (broad SMARTS) is 1. The van der Waals surface area contributed by atoms with E-state index in [4.69, 9.17) is 20.1 Å². The Hall–Kier alpha value is -3.26. The molecule has 2 heterocycles. The molecule has 144 valence electrons. The summed E-state index contributed by atoms with van der Waals surface area (Å²) >= 11 is 0. The first-order valence-corrected chi connectivity index (χ1v) is 8.47. The summed E-state index contributed by atoms with van der Waals surface area (Å²) in [7, 11) is 0. The summed E-state index contributed by atoms with van der Waals surface area (Å²) in [6.07, 6.45) is 0.990. The molecule has 0 saturated carbocycles. The molecular formula is C17H21N5O5. The molecule has 0 atom stereocenters. The molecule has 3 rings (SSSR count). The molecule has 10 nitrogen and oxygen atoms in total. The molecule has 0 unspecified atom stereocenters. The second kappa shape index (κ2) is 8.91. The lowest BCUT2D eigenvalue weighted by Crippen LogP contribution is -2.22. The molecule has 1 aromatic heterocycles. The van der Waals surface area contributed by atoms with Crippen molar-refractivity contribution in [1.29, 1.82) is 0 Å². The minimum absolute atomic E-state index is 0.0885. The third kappa shape index (κ3) is 4.68. The van der Waals surface area contributed by atoms with E-state index in [0.29, 0.717) is 36.0 Å². The number of rotatable bonds is 5. The van der Waals surface area contributed by atoms with Gasteiger partial charge in [-0.15, -0.1) is 0 Å². The van der Waals surface area contributed by atoms with E-state index in [0.717, 1.165) is 6.42 Å². The third-order valence-corrected chi connectivity index (χ3v) is 3.82. The van der Waals surface area contributed by atoms with Crippen LogP contribution in [0.15, 0.2) is 22.0 Å². The molecule has 0 bridgehead atoms. The normalized spacial score (nSPS) is 11.7. The quantitative estimate of drug-likeness (QED) is 0.483. The number of carboxylic acids is 1. The fourth-order valence-corrected chi connectivity index (χ4v) is 2.42. The average molecular weight is 375 g/mol. The molecule has 0 amide bonds. The molecule has 0 aliphatic carbocycles. The van der Waals surface area contributed by atoms with E-state index in [2.05, 4.69) is 29.0 Å². The van der Waals surface area contributed by atoms with Crippen molar-refractivity contribution in [2.24, 2.45) is 11.0 Å². The van der Waals surface area contributed by atoms with Crippen molar-refractivity contribution in [2.75, 3.05) is 13.3 Å². The molecule has 1 aliphatic heterocycles. The summed E-state index contributed by atoms with van der Waals surface area (Å²) in [6.45, 7) is 7.18. The Labute approximate surface area is 154 Å². The maximum Gasteiger partial charge on any atom is 0.360 e. The van der Waals surface area contributed by atoms with Crippen molar-refractivity contribution in [2.45, 2.75) is 33.7 Å². The fraction of sp³-hybridized carbons (Fsp3) is 0.471. The minimum Gasteiger partial charge on any atom is -0.476 e. The number of carbonyl (C=O) groups is 1. The molecule has 10 heteroatoms. The average Bonchev–Trinajstić information content (AvgIpc) is 3.08. The highest BCUT2D eigenvalue weighted by atomic mass is 16.7. The first-order chi connectivity index (χ1) is 12.9. The smallest absolute Gasteiger partial charge is 0.360 e. The molecule has 1 N–H and O–H groups in total. The van der Waals surface area contributed by atoms with Gasteiger partial charge >= 0.3 is 5.97 Å². The lowest BCUT2D eigenvalue weighted by molar-refractivity contribution is 0.0686. The summed E-state index contributed by atoms with van der Waals surface area (Å²) in [5.41, 5.74) is 7.25. The Morgan fingerprint density at radius 1 is 1.41 bits per heavy atom. The lowest BCUT2D eigenvalue weighted by Gasteiger charge is -2.09. The van der Waals surface area contributed by atoms with E-state index in [1.54, 1.807) is 6.07 Å². The van der Waals surface area contributed by atoms with Gasteiger partial charge in [-0.3, -0.25) is 9.48 Å². The van der Waals surface area contributed by atoms with Gasteiger partial charge in [-0.2, -0.15) is 5.10 Å². The van der Waals surface area contributed by atoms with Crippen LogP contribution in [-0.2, 0) is 6.54 Å². The first kappa shape index (κ1) is 20.1. The second-order valence-electron chi connectivity index (χ2n) is 6.16. The number of aromatic nitrogens is 2. The van der Waals surface area contributed by atoms with E-state index in [1.807, 2.05) is 6.92 Å². The third-order valence-electron chi connectivity index (χ3n) is 3.82. The number of benzene rings is 1. The molecule has 2 aromatic rings. The van der Waals surface area contributed by atoms with Crippen molar-refractivity contribution in [3.8, 4) is 11.5 Å². The van der Waals surface area contributed by atoms with Gasteiger partial charge in [0.05, 0.1) is 10.9 Å². The van der Waals surface area contributed by atoms with Crippen molar-refractivity contribution in [3.05, 3.63) is 38.5 Å². The Kier molecular flexibility index (Phi) is 6.62. The maximum atomic E-state index is 12.1. The van der Waals surface area contributed by atoms with Crippen LogP contribution >= 0.6 is 0 Å². The van der Waals surface area contributed by atoms with Gasteiger partial charge in [-0.05, 0) is 30.9 Å². The SMILES string of the molecule is CC(C)CCN=[N+]=[N-].CCn1nc(C(=O)O)c(=O)c2cc3c(cc21)OCO3. The summed E-state index contributed by atoms with van der Waals surface area (Å²) in [5, 5.41) is 16.5. The summed E-state index contributed by atoms with van der Waals surface area (Å²) in [5.74, 6) is 0.265. The van der Waals surface area contributed by atoms with Gasteiger partial charge in [0.25, 0.3) is 0 Å². The molecule has 0 saturated heterocycles. The van der Waals surface area contributed by atoms with Crippen LogP contribution in [0.4, 0.5) is 0 Å². The molecule has 1 aliphatic rings. The van der Waals surface area contributed by atoms with Gasteiger partial charge < -0.3 is 14.6 Å². The van der Waals surface area contributed by atoms with Crippen LogP contribution in [0.25, 0.3) is 21.3 Å². The Bertz CT molecular complexity index is 947. The van der Waals surface area contributed by atoms with Crippen LogP contribution in [0, 0.1) is 5.92 Å². The number of nitrogens with zero attached hydrogens (tertiary/aromatic N) is 5. The standard InChI is InChI=1S/C12H10N2O5.C5H11N3/c1-2-14-7-4-9-8(18-5-19-9)3-6(7)11(15)10(13-14)12(16)17;1-5(2)3-4-7-8-6/h3-4H,2,5H2,1H3,(H,16,17);5H,3-4H2,1-2H3. The predicted octanol–water partition coefficient (Wildman–Crippen LogP) is 3.19. The van der Waals surface area contributed by atoms with Crippen molar-refractivity contribution in [1.82, 2.24) is 9.78 Å². The molecule has 0 fully saturated rings. The Balaban J connectivity index is 0.000000279. The van der Waals surface area contributed by atoms with E-state index in [1.165, 1.54) is 10.7 Å². The van der Waals surface area contributed by atoms with Crippen molar-refractivity contribution >= 4 is 16.9 Å². The Morgan fingerprint density at radius 2 is 2.07 bits per heavy atom. The van der Waals surface area contributed by atoms with Gasteiger partial charge in [0.2, 0.25) is 17.9 Å². The van der Waals surface area contributed by atoms with E-state index < -0.39 is 17.1 Å². The van der Waals surface area contributed by atoms with Gasteiger partial charge in [0, 0.05) is 24.1 Å². The molecule has 0 radical (unpaired) electrons. The molecular weight excluding hydrogens is 354 g/mol. The highest BCUT2D eigenvalue weighted by molar-refractivity contribution is 5.91. The summed E-state index contributed by atoms with van der Waals surface area (Å²) in [6, 6.07) is 3.14. The molecule has 0 spiro atoms. The number of hydrogen-bond donors (Lipinski definition) is 1. The van der Waals surface area contributed by atoms with Gasteiger partial charge in [0.1, 0.15) is 0 Å². The van der Waals surface area contributed by atoms with Crippen LogP contribution in [0.5, 0.6) is 11.5 Å². The monoisotopic (exact) mass is 375 g/mol. The minimum atomic E-state index is -1.34. The van der Waals surface area contributed by atoms with Gasteiger partial charge in [0.15, 0.2) is 11.5 Å².